The van der Waals surface area contributed by atoms with Gasteiger partial charge in [0, 0.05) is 18.3 Å². The molecule has 0 saturated carbocycles. The van der Waals surface area contributed by atoms with Crippen LogP contribution in [0.1, 0.15) is 18.5 Å². The quantitative estimate of drug-likeness (QED) is 0.694. The van der Waals surface area contributed by atoms with Gasteiger partial charge in [0.15, 0.2) is 0 Å². The van der Waals surface area contributed by atoms with Crippen LogP contribution in [0, 0.1) is 0 Å². The highest BCUT2D eigenvalue weighted by molar-refractivity contribution is 5.15. The molecule has 0 radical (unpaired) electrons. The normalized spacial score (nSPS) is 26.5. The van der Waals surface area contributed by atoms with Crippen LogP contribution in [0.2, 0.25) is 0 Å². The first-order valence-electron chi connectivity index (χ1n) is 4.59. The van der Waals surface area contributed by atoms with Gasteiger partial charge in [0.2, 0.25) is 0 Å². The first kappa shape index (κ1) is 8.45. The molecule has 1 unspecified atom stereocenters. The Bertz CT molecular complexity index is 307. The van der Waals surface area contributed by atoms with Gasteiger partial charge in [-0.05, 0) is 25.0 Å². The smallest absolute Gasteiger partial charge is 0.0885 e. The van der Waals surface area contributed by atoms with Crippen LogP contribution in [0.5, 0.6) is 0 Å². The molecule has 1 N–H and O–H groups in total. The molecule has 2 nitrogen and oxygen atoms in total. The molecule has 68 valence electrons. The molecule has 1 atom stereocenters. The molecule has 2 rings (SSSR count). The maximum absolute atomic E-state index is 10.0. The van der Waals surface area contributed by atoms with Crippen molar-refractivity contribution in [3.05, 3.63) is 42.2 Å². The Morgan fingerprint density at radius 1 is 1.46 bits per heavy atom. The molecule has 1 aliphatic carbocycles. The molecule has 2 heteroatoms. The van der Waals surface area contributed by atoms with Crippen LogP contribution in [0.3, 0.4) is 0 Å². The number of pyridine rings is 1. The molecule has 0 aliphatic heterocycles. The maximum atomic E-state index is 10.0. The minimum absolute atomic E-state index is 0.629. The van der Waals surface area contributed by atoms with Gasteiger partial charge in [-0.3, -0.25) is 4.98 Å². The van der Waals surface area contributed by atoms with Gasteiger partial charge in [-0.2, -0.15) is 0 Å². The van der Waals surface area contributed by atoms with Gasteiger partial charge < -0.3 is 5.11 Å². The van der Waals surface area contributed by atoms with Crippen molar-refractivity contribution >= 4 is 0 Å². The van der Waals surface area contributed by atoms with Crippen LogP contribution in [-0.2, 0) is 6.42 Å². The van der Waals surface area contributed by atoms with Crippen LogP contribution >= 0.6 is 0 Å². The molecule has 0 saturated heterocycles. The maximum Gasteiger partial charge on any atom is 0.0885 e. The van der Waals surface area contributed by atoms with Crippen LogP contribution in [0.25, 0.3) is 0 Å². The molecule has 0 fully saturated rings. The second-order valence-electron chi connectivity index (χ2n) is 3.54. The highest BCUT2D eigenvalue weighted by Gasteiger charge is 2.26. The second kappa shape index (κ2) is 3.30. The SMILES string of the molecule is OC1(Cc2ccccn2)C=CCC1. The summed E-state index contributed by atoms with van der Waals surface area (Å²) in [4.78, 5) is 4.19. The summed E-state index contributed by atoms with van der Waals surface area (Å²) >= 11 is 0. The Kier molecular flexibility index (Phi) is 2.15. The minimum Gasteiger partial charge on any atom is -0.385 e. The molecule has 0 bridgehead atoms. The minimum atomic E-state index is -0.644. The predicted molar refractivity (Wildman–Crippen MR) is 51.3 cm³/mol. The number of hydrogen-bond acceptors (Lipinski definition) is 2. The van der Waals surface area contributed by atoms with Crippen molar-refractivity contribution in [1.82, 2.24) is 4.98 Å². The fourth-order valence-corrected chi connectivity index (χ4v) is 1.68. The molecule has 1 aliphatic rings. The highest BCUT2D eigenvalue weighted by atomic mass is 16.3. The topological polar surface area (TPSA) is 33.1 Å². The molecular weight excluding hydrogens is 162 g/mol. The number of rotatable bonds is 2. The molecule has 0 amide bonds. The lowest BCUT2D eigenvalue weighted by Gasteiger charge is -2.19. The zero-order chi connectivity index (χ0) is 9.15. The molecule has 0 spiro atoms. The van der Waals surface area contributed by atoms with Crippen molar-refractivity contribution in [2.45, 2.75) is 24.9 Å². The van der Waals surface area contributed by atoms with Gasteiger partial charge in [-0.1, -0.05) is 18.2 Å². The van der Waals surface area contributed by atoms with Crippen molar-refractivity contribution in [3.8, 4) is 0 Å². The molecule has 1 aromatic heterocycles. The Morgan fingerprint density at radius 2 is 2.38 bits per heavy atom. The van der Waals surface area contributed by atoms with Crippen molar-refractivity contribution in [3.63, 3.8) is 0 Å². The molecular formula is C11H13NO. The van der Waals surface area contributed by atoms with Crippen molar-refractivity contribution in [2.75, 3.05) is 0 Å². The summed E-state index contributed by atoms with van der Waals surface area (Å²) in [5, 5.41) is 10.0. The van der Waals surface area contributed by atoms with E-state index in [1.54, 1.807) is 6.20 Å². The zero-order valence-corrected chi connectivity index (χ0v) is 7.48. The number of aromatic nitrogens is 1. The van der Waals surface area contributed by atoms with E-state index in [0.717, 1.165) is 18.5 Å². The summed E-state index contributed by atoms with van der Waals surface area (Å²) < 4.78 is 0. The lowest BCUT2D eigenvalue weighted by atomic mass is 9.97. The molecule has 1 aromatic rings. The Balaban J connectivity index is 2.10. The van der Waals surface area contributed by atoms with Crippen LogP contribution in [0.4, 0.5) is 0 Å². The lowest BCUT2D eigenvalue weighted by molar-refractivity contribution is 0.0903. The van der Waals surface area contributed by atoms with E-state index in [1.807, 2.05) is 30.4 Å². The highest BCUT2D eigenvalue weighted by Crippen LogP contribution is 2.25. The summed E-state index contributed by atoms with van der Waals surface area (Å²) in [5.41, 5.74) is 0.311. The monoisotopic (exact) mass is 175 g/mol. The number of allylic oxidation sites excluding steroid dienone is 1. The third-order valence-electron chi connectivity index (χ3n) is 2.39. The second-order valence-corrected chi connectivity index (χ2v) is 3.54. The Morgan fingerprint density at radius 3 is 3.00 bits per heavy atom. The number of hydrogen-bond donors (Lipinski definition) is 1. The Labute approximate surface area is 77.9 Å². The molecule has 13 heavy (non-hydrogen) atoms. The van der Waals surface area contributed by atoms with E-state index < -0.39 is 5.60 Å². The third kappa shape index (κ3) is 1.95. The van der Waals surface area contributed by atoms with Crippen molar-refractivity contribution in [2.24, 2.45) is 0 Å². The van der Waals surface area contributed by atoms with Gasteiger partial charge in [0.25, 0.3) is 0 Å². The fourth-order valence-electron chi connectivity index (χ4n) is 1.68. The number of nitrogens with zero attached hydrogens (tertiary/aromatic N) is 1. The van der Waals surface area contributed by atoms with E-state index in [1.165, 1.54) is 0 Å². The zero-order valence-electron chi connectivity index (χ0n) is 7.48. The Hall–Kier alpha value is -1.15. The summed E-state index contributed by atoms with van der Waals surface area (Å²) in [6, 6.07) is 5.78. The van der Waals surface area contributed by atoms with E-state index in [4.69, 9.17) is 0 Å². The number of aliphatic hydroxyl groups is 1. The van der Waals surface area contributed by atoms with Crippen LogP contribution < -0.4 is 0 Å². The van der Waals surface area contributed by atoms with Gasteiger partial charge in [0.1, 0.15) is 0 Å². The van der Waals surface area contributed by atoms with Crippen molar-refractivity contribution in [1.29, 1.82) is 0 Å². The van der Waals surface area contributed by atoms with Gasteiger partial charge in [-0.15, -0.1) is 0 Å². The van der Waals surface area contributed by atoms with E-state index in [2.05, 4.69) is 4.98 Å². The third-order valence-corrected chi connectivity index (χ3v) is 2.39. The van der Waals surface area contributed by atoms with E-state index in [0.29, 0.717) is 6.42 Å². The largest absolute Gasteiger partial charge is 0.385 e. The predicted octanol–water partition coefficient (Wildman–Crippen LogP) is 1.71. The van der Waals surface area contributed by atoms with E-state index >= 15 is 0 Å². The summed E-state index contributed by atoms with van der Waals surface area (Å²) in [7, 11) is 0. The first-order chi connectivity index (χ1) is 6.29. The molecule has 0 aromatic carbocycles. The summed E-state index contributed by atoms with van der Waals surface area (Å²) in [5.74, 6) is 0. The van der Waals surface area contributed by atoms with Crippen LogP contribution in [0.15, 0.2) is 36.5 Å². The summed E-state index contributed by atoms with van der Waals surface area (Å²) in [6.45, 7) is 0. The van der Waals surface area contributed by atoms with Gasteiger partial charge in [-0.25, -0.2) is 0 Å². The van der Waals surface area contributed by atoms with Crippen LogP contribution in [-0.4, -0.2) is 15.7 Å². The average Bonchev–Trinajstić information content (AvgIpc) is 2.54. The average molecular weight is 175 g/mol. The first-order valence-corrected chi connectivity index (χ1v) is 4.59. The van der Waals surface area contributed by atoms with E-state index in [9.17, 15) is 5.11 Å². The molecule has 1 heterocycles. The lowest BCUT2D eigenvalue weighted by Crippen LogP contribution is -2.26. The van der Waals surface area contributed by atoms with Crippen molar-refractivity contribution < 1.29 is 5.11 Å². The van der Waals surface area contributed by atoms with Gasteiger partial charge in [0.05, 0.1) is 5.60 Å². The standard InChI is InChI=1S/C11H13NO/c13-11(6-2-3-7-11)9-10-5-1-4-8-12-10/h1-2,4-6,8,13H,3,7,9H2. The van der Waals surface area contributed by atoms with E-state index in [-0.39, 0.29) is 0 Å². The fraction of sp³-hybridized carbons (Fsp3) is 0.364. The summed E-state index contributed by atoms with van der Waals surface area (Å²) in [6.07, 6.45) is 8.11. The van der Waals surface area contributed by atoms with Gasteiger partial charge >= 0.3 is 0 Å².